The van der Waals surface area contributed by atoms with Crippen molar-refractivity contribution in [3.8, 4) is 0 Å². The van der Waals surface area contributed by atoms with Gasteiger partial charge in [-0.1, -0.05) is 32.5 Å². The first-order chi connectivity index (χ1) is 8.69. The van der Waals surface area contributed by atoms with Crippen LogP contribution in [0.5, 0.6) is 0 Å². The van der Waals surface area contributed by atoms with Crippen LogP contribution in [0.3, 0.4) is 0 Å². The summed E-state index contributed by atoms with van der Waals surface area (Å²) in [6.45, 7) is 9.37. The Labute approximate surface area is 113 Å². The van der Waals surface area contributed by atoms with Gasteiger partial charge in [0.2, 0.25) is 0 Å². The molecule has 0 amide bonds. The normalized spacial score (nSPS) is 11.4. The van der Waals surface area contributed by atoms with Gasteiger partial charge in [0.1, 0.15) is 5.82 Å². The van der Waals surface area contributed by atoms with Crippen LogP contribution in [0.15, 0.2) is 5.16 Å². The SMILES string of the molecule is CCCn1c(CN)nnc1SCCOCC(C)C. The highest BCUT2D eigenvalue weighted by atomic mass is 32.2. The number of nitrogens with zero attached hydrogens (tertiary/aromatic N) is 3. The highest BCUT2D eigenvalue weighted by Gasteiger charge is 2.10. The molecule has 0 aliphatic carbocycles. The summed E-state index contributed by atoms with van der Waals surface area (Å²) in [5.74, 6) is 2.35. The molecule has 104 valence electrons. The van der Waals surface area contributed by atoms with Crippen LogP contribution in [0.2, 0.25) is 0 Å². The summed E-state index contributed by atoms with van der Waals surface area (Å²) in [5, 5.41) is 9.23. The molecule has 0 fully saturated rings. The van der Waals surface area contributed by atoms with E-state index in [1.54, 1.807) is 11.8 Å². The van der Waals surface area contributed by atoms with Crippen LogP contribution in [-0.2, 0) is 17.8 Å². The topological polar surface area (TPSA) is 66.0 Å². The van der Waals surface area contributed by atoms with E-state index in [2.05, 4.69) is 35.5 Å². The minimum atomic E-state index is 0.442. The van der Waals surface area contributed by atoms with Crippen molar-refractivity contribution in [3.05, 3.63) is 5.82 Å². The standard InChI is InChI=1S/C12H24N4OS/c1-4-5-16-11(8-13)14-15-12(16)18-7-6-17-9-10(2)3/h10H,4-9,13H2,1-3H3. The molecule has 0 radical (unpaired) electrons. The van der Waals surface area contributed by atoms with E-state index in [0.29, 0.717) is 12.5 Å². The van der Waals surface area contributed by atoms with Crippen LogP contribution in [0.4, 0.5) is 0 Å². The maximum Gasteiger partial charge on any atom is 0.191 e. The van der Waals surface area contributed by atoms with Crippen molar-refractivity contribution in [1.29, 1.82) is 0 Å². The van der Waals surface area contributed by atoms with Crippen LogP contribution in [0.25, 0.3) is 0 Å². The molecule has 0 bridgehead atoms. The predicted molar refractivity (Wildman–Crippen MR) is 74.6 cm³/mol. The van der Waals surface area contributed by atoms with Gasteiger partial charge in [-0.3, -0.25) is 0 Å². The lowest BCUT2D eigenvalue weighted by Gasteiger charge is -2.08. The third-order valence-electron chi connectivity index (χ3n) is 2.33. The minimum absolute atomic E-state index is 0.442. The van der Waals surface area contributed by atoms with Crippen molar-refractivity contribution in [2.24, 2.45) is 11.7 Å². The summed E-state index contributed by atoms with van der Waals surface area (Å²) in [6.07, 6.45) is 1.06. The van der Waals surface area contributed by atoms with Crippen molar-refractivity contribution in [2.45, 2.75) is 45.4 Å². The van der Waals surface area contributed by atoms with E-state index in [1.165, 1.54) is 0 Å². The van der Waals surface area contributed by atoms with Gasteiger partial charge in [-0.05, 0) is 12.3 Å². The third kappa shape index (κ3) is 4.96. The van der Waals surface area contributed by atoms with Crippen molar-refractivity contribution in [2.75, 3.05) is 19.0 Å². The molecule has 5 nitrogen and oxygen atoms in total. The summed E-state index contributed by atoms with van der Waals surface area (Å²) in [4.78, 5) is 0. The van der Waals surface area contributed by atoms with E-state index in [9.17, 15) is 0 Å². The highest BCUT2D eigenvalue weighted by Crippen LogP contribution is 2.17. The summed E-state index contributed by atoms with van der Waals surface area (Å²) < 4.78 is 7.65. The molecule has 6 heteroatoms. The van der Waals surface area contributed by atoms with Crippen molar-refractivity contribution < 1.29 is 4.74 Å². The monoisotopic (exact) mass is 272 g/mol. The van der Waals surface area contributed by atoms with E-state index in [-0.39, 0.29) is 0 Å². The molecule has 0 unspecified atom stereocenters. The average Bonchev–Trinajstić information content (AvgIpc) is 2.71. The zero-order valence-corrected chi connectivity index (χ0v) is 12.4. The summed E-state index contributed by atoms with van der Waals surface area (Å²) in [7, 11) is 0. The Kier molecular flexibility index (Phi) is 7.31. The molecule has 0 spiro atoms. The fourth-order valence-electron chi connectivity index (χ4n) is 1.54. The van der Waals surface area contributed by atoms with Crippen LogP contribution >= 0.6 is 11.8 Å². The molecule has 0 saturated carbocycles. The van der Waals surface area contributed by atoms with Gasteiger partial charge in [-0.15, -0.1) is 10.2 Å². The first kappa shape index (κ1) is 15.5. The van der Waals surface area contributed by atoms with Crippen LogP contribution < -0.4 is 5.73 Å². The van der Waals surface area contributed by atoms with Crippen LogP contribution in [0.1, 0.15) is 33.0 Å². The smallest absolute Gasteiger partial charge is 0.191 e. The molecule has 1 heterocycles. The quantitative estimate of drug-likeness (QED) is 0.549. The van der Waals surface area contributed by atoms with E-state index in [4.69, 9.17) is 10.5 Å². The molecule has 0 aromatic carbocycles. The Morgan fingerprint density at radius 2 is 2.17 bits per heavy atom. The van der Waals surface area contributed by atoms with E-state index in [1.807, 2.05) is 0 Å². The molecular formula is C12H24N4OS. The Balaban J connectivity index is 2.39. The van der Waals surface area contributed by atoms with E-state index < -0.39 is 0 Å². The lowest BCUT2D eigenvalue weighted by atomic mass is 10.2. The first-order valence-electron chi connectivity index (χ1n) is 6.51. The fourth-order valence-corrected chi connectivity index (χ4v) is 2.37. The number of nitrogens with two attached hydrogens (primary N) is 1. The minimum Gasteiger partial charge on any atom is -0.380 e. The summed E-state index contributed by atoms with van der Waals surface area (Å²) in [6, 6.07) is 0. The van der Waals surface area contributed by atoms with Crippen molar-refractivity contribution in [3.63, 3.8) is 0 Å². The van der Waals surface area contributed by atoms with Gasteiger partial charge in [0.05, 0.1) is 13.2 Å². The Morgan fingerprint density at radius 3 is 2.78 bits per heavy atom. The maximum atomic E-state index is 5.65. The average molecular weight is 272 g/mol. The summed E-state index contributed by atoms with van der Waals surface area (Å²) in [5.41, 5.74) is 5.65. The Bertz CT molecular complexity index is 341. The lowest BCUT2D eigenvalue weighted by Crippen LogP contribution is -2.10. The van der Waals surface area contributed by atoms with Gasteiger partial charge in [0.25, 0.3) is 0 Å². The van der Waals surface area contributed by atoms with Gasteiger partial charge >= 0.3 is 0 Å². The Hall–Kier alpha value is -0.590. The molecule has 0 saturated heterocycles. The number of ether oxygens (including phenoxy) is 1. The molecule has 18 heavy (non-hydrogen) atoms. The van der Waals surface area contributed by atoms with Gasteiger partial charge in [0.15, 0.2) is 5.16 Å². The molecule has 1 aromatic rings. The van der Waals surface area contributed by atoms with Crippen LogP contribution in [0, 0.1) is 5.92 Å². The van der Waals surface area contributed by atoms with Gasteiger partial charge in [-0.25, -0.2) is 0 Å². The molecule has 1 rings (SSSR count). The second-order valence-electron chi connectivity index (χ2n) is 4.57. The third-order valence-corrected chi connectivity index (χ3v) is 3.26. The number of thioether (sulfide) groups is 1. The Morgan fingerprint density at radius 1 is 1.39 bits per heavy atom. The number of hydrogen-bond acceptors (Lipinski definition) is 5. The van der Waals surface area contributed by atoms with E-state index >= 15 is 0 Å². The van der Waals surface area contributed by atoms with Gasteiger partial charge < -0.3 is 15.0 Å². The van der Waals surface area contributed by atoms with Gasteiger partial charge in [0, 0.05) is 18.9 Å². The predicted octanol–water partition coefficient (Wildman–Crippen LogP) is 1.91. The first-order valence-corrected chi connectivity index (χ1v) is 7.50. The zero-order valence-electron chi connectivity index (χ0n) is 11.6. The molecule has 2 N–H and O–H groups in total. The maximum absolute atomic E-state index is 5.65. The zero-order chi connectivity index (χ0) is 13.4. The van der Waals surface area contributed by atoms with Crippen LogP contribution in [-0.4, -0.2) is 33.7 Å². The number of rotatable bonds is 9. The lowest BCUT2D eigenvalue weighted by molar-refractivity contribution is 0.124. The summed E-state index contributed by atoms with van der Waals surface area (Å²) >= 11 is 1.68. The largest absolute Gasteiger partial charge is 0.380 e. The second-order valence-corrected chi connectivity index (χ2v) is 5.63. The fraction of sp³-hybridized carbons (Fsp3) is 0.833. The molecule has 0 aliphatic rings. The number of hydrogen-bond donors (Lipinski definition) is 1. The second kappa shape index (κ2) is 8.50. The van der Waals surface area contributed by atoms with Gasteiger partial charge in [-0.2, -0.15) is 0 Å². The van der Waals surface area contributed by atoms with Crippen molar-refractivity contribution >= 4 is 11.8 Å². The molecular weight excluding hydrogens is 248 g/mol. The van der Waals surface area contributed by atoms with E-state index in [0.717, 1.165) is 42.9 Å². The number of aromatic nitrogens is 3. The highest BCUT2D eigenvalue weighted by molar-refractivity contribution is 7.99. The molecule has 1 aromatic heterocycles. The molecule has 0 aliphatic heterocycles. The van der Waals surface area contributed by atoms with Crippen molar-refractivity contribution in [1.82, 2.24) is 14.8 Å². The molecule has 0 atom stereocenters.